The van der Waals surface area contributed by atoms with Crippen LogP contribution in [0.3, 0.4) is 0 Å². The van der Waals surface area contributed by atoms with E-state index in [-0.39, 0.29) is 0 Å². The van der Waals surface area contributed by atoms with E-state index in [9.17, 15) is 0 Å². The van der Waals surface area contributed by atoms with E-state index in [2.05, 4.69) is 55.2 Å². The van der Waals surface area contributed by atoms with Crippen LogP contribution in [-0.4, -0.2) is 27.9 Å². The average molecular weight is 328 g/mol. The van der Waals surface area contributed by atoms with Gasteiger partial charge in [0, 0.05) is 25.6 Å². The SMILES string of the molecule is COCc1nc2n(n1)C[C@@H](N[C@H](C)c1cc(C)c(C)cc1C)CC2. The molecule has 1 aromatic heterocycles. The highest BCUT2D eigenvalue weighted by molar-refractivity contribution is 5.38. The lowest BCUT2D eigenvalue weighted by Gasteiger charge is -2.28. The summed E-state index contributed by atoms with van der Waals surface area (Å²) in [6.45, 7) is 10.2. The van der Waals surface area contributed by atoms with Gasteiger partial charge in [-0.3, -0.25) is 0 Å². The molecule has 0 spiro atoms. The Morgan fingerprint density at radius 1 is 1.25 bits per heavy atom. The minimum absolute atomic E-state index is 0.331. The van der Waals surface area contributed by atoms with E-state index in [1.807, 2.05) is 4.68 Å². The molecule has 0 amide bonds. The first kappa shape index (κ1) is 17.1. The largest absolute Gasteiger partial charge is 0.377 e. The molecule has 5 nitrogen and oxygen atoms in total. The summed E-state index contributed by atoms with van der Waals surface area (Å²) in [6, 6.07) is 5.36. The number of aryl methyl sites for hydroxylation is 4. The van der Waals surface area contributed by atoms with E-state index in [0.717, 1.165) is 31.0 Å². The van der Waals surface area contributed by atoms with Crippen LogP contribution < -0.4 is 5.32 Å². The number of benzene rings is 1. The van der Waals surface area contributed by atoms with E-state index in [4.69, 9.17) is 4.74 Å². The topological polar surface area (TPSA) is 52.0 Å². The van der Waals surface area contributed by atoms with Gasteiger partial charge < -0.3 is 10.1 Å². The van der Waals surface area contributed by atoms with Crippen molar-refractivity contribution >= 4 is 0 Å². The Kier molecular flexibility index (Phi) is 5.01. The molecule has 0 radical (unpaired) electrons. The Morgan fingerprint density at radius 3 is 2.75 bits per heavy atom. The second kappa shape index (κ2) is 7.03. The molecule has 0 saturated heterocycles. The van der Waals surface area contributed by atoms with Crippen LogP contribution in [0.1, 0.15) is 53.3 Å². The maximum atomic E-state index is 5.13. The van der Waals surface area contributed by atoms with Gasteiger partial charge in [0.15, 0.2) is 5.82 Å². The van der Waals surface area contributed by atoms with Gasteiger partial charge in [0.05, 0.1) is 6.54 Å². The molecular formula is C19H28N4O. The Bertz CT molecular complexity index is 722. The number of fused-ring (bicyclic) bond motifs is 1. The summed E-state index contributed by atoms with van der Waals surface area (Å²) >= 11 is 0. The summed E-state index contributed by atoms with van der Waals surface area (Å²) in [6.07, 6.45) is 2.06. The molecule has 0 bridgehead atoms. The summed E-state index contributed by atoms with van der Waals surface area (Å²) in [5, 5.41) is 8.34. The summed E-state index contributed by atoms with van der Waals surface area (Å²) in [7, 11) is 1.68. The third kappa shape index (κ3) is 3.52. The molecule has 0 aliphatic carbocycles. The predicted octanol–water partition coefficient (Wildman–Crippen LogP) is 3.02. The smallest absolute Gasteiger partial charge is 0.176 e. The van der Waals surface area contributed by atoms with Gasteiger partial charge in [0.25, 0.3) is 0 Å². The number of hydrogen-bond acceptors (Lipinski definition) is 4. The molecule has 0 unspecified atom stereocenters. The van der Waals surface area contributed by atoms with Crippen LogP contribution in [0.2, 0.25) is 0 Å². The van der Waals surface area contributed by atoms with E-state index in [0.29, 0.717) is 18.7 Å². The maximum absolute atomic E-state index is 5.13. The highest BCUT2D eigenvalue weighted by Gasteiger charge is 2.23. The number of aromatic nitrogens is 3. The average Bonchev–Trinajstić information content (AvgIpc) is 2.92. The van der Waals surface area contributed by atoms with E-state index >= 15 is 0 Å². The summed E-state index contributed by atoms with van der Waals surface area (Å²) in [5.74, 6) is 1.86. The third-order valence-corrected chi connectivity index (χ3v) is 5.01. The van der Waals surface area contributed by atoms with Crippen LogP contribution in [0.25, 0.3) is 0 Å². The first-order valence-corrected chi connectivity index (χ1v) is 8.73. The molecule has 1 aliphatic rings. The van der Waals surface area contributed by atoms with Crippen LogP contribution in [0, 0.1) is 20.8 Å². The first-order chi connectivity index (χ1) is 11.5. The predicted molar refractivity (Wildman–Crippen MR) is 95.0 cm³/mol. The van der Waals surface area contributed by atoms with Gasteiger partial charge in [-0.1, -0.05) is 12.1 Å². The van der Waals surface area contributed by atoms with Crippen molar-refractivity contribution in [3.05, 3.63) is 46.0 Å². The summed E-state index contributed by atoms with van der Waals surface area (Å²) in [5.41, 5.74) is 5.47. The first-order valence-electron chi connectivity index (χ1n) is 8.73. The summed E-state index contributed by atoms with van der Waals surface area (Å²) < 4.78 is 7.17. The Morgan fingerprint density at radius 2 is 2.00 bits per heavy atom. The van der Waals surface area contributed by atoms with Crippen molar-refractivity contribution in [2.45, 2.75) is 65.8 Å². The van der Waals surface area contributed by atoms with Gasteiger partial charge in [0.1, 0.15) is 12.4 Å². The molecule has 0 fully saturated rings. The molecule has 0 saturated carbocycles. The van der Waals surface area contributed by atoms with E-state index in [1.165, 1.54) is 22.3 Å². The molecule has 2 aromatic rings. The highest BCUT2D eigenvalue weighted by Crippen LogP contribution is 2.23. The Labute approximate surface area is 144 Å². The van der Waals surface area contributed by atoms with Crippen molar-refractivity contribution in [3.8, 4) is 0 Å². The molecular weight excluding hydrogens is 300 g/mol. The third-order valence-electron chi connectivity index (χ3n) is 5.01. The molecule has 2 heterocycles. The van der Waals surface area contributed by atoms with Crippen LogP contribution in [0.5, 0.6) is 0 Å². The lowest BCUT2D eigenvalue weighted by molar-refractivity contribution is 0.177. The van der Waals surface area contributed by atoms with Crippen molar-refractivity contribution in [2.24, 2.45) is 0 Å². The van der Waals surface area contributed by atoms with Gasteiger partial charge in [-0.05, 0) is 56.4 Å². The number of nitrogens with zero attached hydrogens (tertiary/aromatic N) is 3. The molecule has 24 heavy (non-hydrogen) atoms. The molecule has 1 aliphatic heterocycles. The van der Waals surface area contributed by atoms with Crippen molar-refractivity contribution in [3.63, 3.8) is 0 Å². The standard InChI is InChI=1S/C19H28N4O/c1-12-8-14(3)17(9-13(12)2)15(4)20-16-6-7-19-21-18(11-24-5)22-23(19)10-16/h8-9,15-16,20H,6-7,10-11H2,1-5H3/t15-,16+/m1/s1. The zero-order valence-electron chi connectivity index (χ0n) is 15.4. The molecule has 5 heteroatoms. The molecule has 2 atom stereocenters. The van der Waals surface area contributed by atoms with Crippen LogP contribution in [0.4, 0.5) is 0 Å². The molecule has 3 rings (SSSR count). The minimum atomic E-state index is 0.331. The molecule has 1 aromatic carbocycles. The van der Waals surface area contributed by atoms with Crippen LogP contribution in [-0.2, 0) is 24.3 Å². The van der Waals surface area contributed by atoms with Gasteiger partial charge in [-0.25, -0.2) is 9.67 Å². The van der Waals surface area contributed by atoms with Crippen molar-refractivity contribution in [1.82, 2.24) is 20.1 Å². The zero-order chi connectivity index (χ0) is 17.3. The Balaban J connectivity index is 1.69. The number of methoxy groups -OCH3 is 1. The van der Waals surface area contributed by atoms with Gasteiger partial charge in [-0.2, -0.15) is 5.10 Å². The number of hydrogen-bond donors (Lipinski definition) is 1. The van der Waals surface area contributed by atoms with Crippen molar-refractivity contribution < 1.29 is 4.74 Å². The maximum Gasteiger partial charge on any atom is 0.176 e. The van der Waals surface area contributed by atoms with Gasteiger partial charge in [-0.15, -0.1) is 0 Å². The summed E-state index contributed by atoms with van der Waals surface area (Å²) in [4.78, 5) is 4.55. The van der Waals surface area contributed by atoms with Crippen molar-refractivity contribution in [1.29, 1.82) is 0 Å². The second-order valence-electron chi connectivity index (χ2n) is 6.98. The molecule has 130 valence electrons. The zero-order valence-corrected chi connectivity index (χ0v) is 15.4. The molecule has 1 N–H and O–H groups in total. The number of ether oxygens (including phenoxy) is 1. The van der Waals surface area contributed by atoms with Crippen LogP contribution >= 0.6 is 0 Å². The quantitative estimate of drug-likeness (QED) is 0.917. The van der Waals surface area contributed by atoms with Crippen LogP contribution in [0.15, 0.2) is 12.1 Å². The number of rotatable bonds is 5. The highest BCUT2D eigenvalue weighted by atomic mass is 16.5. The fourth-order valence-corrected chi connectivity index (χ4v) is 3.58. The Hall–Kier alpha value is -1.72. The van der Waals surface area contributed by atoms with Gasteiger partial charge in [0.2, 0.25) is 0 Å². The van der Waals surface area contributed by atoms with E-state index in [1.54, 1.807) is 7.11 Å². The minimum Gasteiger partial charge on any atom is -0.377 e. The second-order valence-corrected chi connectivity index (χ2v) is 6.98. The fraction of sp³-hybridized carbons (Fsp3) is 0.579. The van der Waals surface area contributed by atoms with Gasteiger partial charge >= 0.3 is 0 Å². The van der Waals surface area contributed by atoms with E-state index < -0.39 is 0 Å². The normalized spacial score (nSPS) is 18.5. The monoisotopic (exact) mass is 328 g/mol. The van der Waals surface area contributed by atoms with Crippen molar-refractivity contribution in [2.75, 3.05) is 7.11 Å². The fourth-order valence-electron chi connectivity index (χ4n) is 3.58. The lowest BCUT2D eigenvalue weighted by Crippen LogP contribution is -2.39. The lowest BCUT2D eigenvalue weighted by atomic mass is 9.95. The number of nitrogens with one attached hydrogen (secondary N) is 1.